The number of likely N-dealkylation sites (tertiary alicyclic amines) is 1. The van der Waals surface area contributed by atoms with Gasteiger partial charge < -0.3 is 14.6 Å². The Kier molecular flexibility index (Phi) is 4.28. The topological polar surface area (TPSA) is 102 Å². The quantitative estimate of drug-likeness (QED) is 0.678. The molecule has 3 aromatic rings. The molecule has 11 heteroatoms. The van der Waals surface area contributed by atoms with E-state index in [1.165, 1.54) is 11.0 Å². The number of hydrogen-bond donors (Lipinski definition) is 1. The molecule has 30 heavy (non-hydrogen) atoms. The van der Waals surface area contributed by atoms with Crippen LogP contribution in [0, 0.1) is 18.9 Å². The summed E-state index contributed by atoms with van der Waals surface area (Å²) in [4.78, 5) is 18.5. The predicted octanol–water partition coefficient (Wildman–Crippen LogP) is 3.68. The zero-order chi connectivity index (χ0) is 21.0. The molecule has 1 aliphatic carbocycles. The number of piperidine rings is 1. The van der Waals surface area contributed by atoms with Gasteiger partial charge in [-0.1, -0.05) is 18.5 Å². The highest BCUT2D eigenvalue weighted by Gasteiger charge is 2.62. The number of aromatic nitrogens is 5. The number of hydrogen-bond acceptors (Lipinski definition) is 6. The molecule has 2 fully saturated rings. The second kappa shape index (κ2) is 6.76. The van der Waals surface area contributed by atoms with Gasteiger partial charge in [-0.05, 0) is 37.0 Å². The first-order valence-corrected chi connectivity index (χ1v) is 10.0. The number of anilines is 1. The lowest BCUT2D eigenvalue weighted by Crippen LogP contribution is -2.70. The minimum Gasteiger partial charge on any atom is -0.423 e. The van der Waals surface area contributed by atoms with Crippen molar-refractivity contribution in [3.8, 4) is 5.69 Å². The van der Waals surface area contributed by atoms with E-state index in [2.05, 4.69) is 32.5 Å². The van der Waals surface area contributed by atoms with Gasteiger partial charge in [-0.2, -0.15) is 9.37 Å². The average molecular weight is 432 g/mol. The number of carbonyl (C=O) groups is 1. The van der Waals surface area contributed by atoms with Gasteiger partial charge in [-0.15, -0.1) is 15.3 Å². The summed E-state index contributed by atoms with van der Waals surface area (Å²) in [7, 11) is 0. The molecule has 1 saturated carbocycles. The molecule has 3 heterocycles. The van der Waals surface area contributed by atoms with Crippen molar-refractivity contribution in [1.82, 2.24) is 29.9 Å². The molecule has 3 atom stereocenters. The number of benzene rings is 1. The lowest BCUT2D eigenvalue weighted by molar-refractivity contribution is -0.110. The van der Waals surface area contributed by atoms with E-state index >= 15 is 0 Å². The van der Waals surface area contributed by atoms with Crippen molar-refractivity contribution >= 4 is 23.3 Å². The van der Waals surface area contributed by atoms with Gasteiger partial charge in [0.1, 0.15) is 11.9 Å². The minimum absolute atomic E-state index is 0.108. The van der Waals surface area contributed by atoms with Gasteiger partial charge in [0.2, 0.25) is 11.8 Å². The molecule has 2 amide bonds. The van der Waals surface area contributed by atoms with E-state index in [1.54, 1.807) is 25.1 Å². The summed E-state index contributed by atoms with van der Waals surface area (Å²) in [6.45, 7) is 3.91. The van der Waals surface area contributed by atoms with Gasteiger partial charge in [-0.3, -0.25) is 0 Å². The molecule has 1 N–H and O–H groups in total. The molecule has 9 nitrogen and oxygen atoms in total. The Labute approximate surface area is 176 Å². The second-order valence-corrected chi connectivity index (χ2v) is 8.39. The highest BCUT2D eigenvalue weighted by atomic mass is 35.5. The molecule has 5 rings (SSSR count). The molecule has 2 aliphatic rings. The van der Waals surface area contributed by atoms with E-state index in [9.17, 15) is 9.18 Å². The number of nitrogens with one attached hydrogen (secondary N) is 1. The fourth-order valence-corrected chi connectivity index (χ4v) is 4.95. The molecule has 1 unspecified atom stereocenters. The Bertz CT molecular complexity index is 1130. The van der Waals surface area contributed by atoms with Crippen LogP contribution < -0.4 is 5.32 Å². The number of halogens is 2. The zero-order valence-electron chi connectivity index (χ0n) is 16.3. The second-order valence-electron chi connectivity index (χ2n) is 7.99. The van der Waals surface area contributed by atoms with Gasteiger partial charge >= 0.3 is 12.1 Å². The molecule has 0 radical (unpaired) electrons. The van der Waals surface area contributed by atoms with Crippen molar-refractivity contribution in [2.45, 2.75) is 44.7 Å². The zero-order valence-corrected chi connectivity index (χ0v) is 17.1. The van der Waals surface area contributed by atoms with Crippen LogP contribution in [0.25, 0.3) is 5.69 Å². The van der Waals surface area contributed by atoms with Crippen LogP contribution in [-0.4, -0.2) is 41.9 Å². The normalized spacial score (nSPS) is 25.1. The first kappa shape index (κ1) is 19.0. The molecule has 1 aliphatic heterocycles. The Hall–Kier alpha value is -3.01. The van der Waals surface area contributed by atoms with Gasteiger partial charge in [0.15, 0.2) is 0 Å². The number of amides is 2. The molecular formula is C19H19ClFN7O2. The van der Waals surface area contributed by atoms with Gasteiger partial charge in [0.25, 0.3) is 0 Å². The van der Waals surface area contributed by atoms with Crippen molar-refractivity contribution in [3.05, 3.63) is 47.4 Å². The molecular weight excluding hydrogens is 413 g/mol. The van der Waals surface area contributed by atoms with Crippen LogP contribution in [0.4, 0.5) is 14.9 Å². The summed E-state index contributed by atoms with van der Waals surface area (Å²) in [5.74, 6) is 1.40. The molecule has 156 valence electrons. The first-order chi connectivity index (χ1) is 14.4. The largest absolute Gasteiger partial charge is 0.423 e. The van der Waals surface area contributed by atoms with Crippen LogP contribution in [0.15, 0.2) is 28.9 Å². The number of rotatable bonds is 3. The van der Waals surface area contributed by atoms with E-state index in [0.717, 1.165) is 19.3 Å². The highest BCUT2D eigenvalue weighted by Crippen LogP contribution is 2.55. The SMILES string of the molecule is Cc1nnc(C23C[C@@H](C)C[C@H](C2)N3C(=O)Nc2ccc(Cl)c(-n3cnc(F)n3)c2)o1. The summed E-state index contributed by atoms with van der Waals surface area (Å²) < 4.78 is 20.1. The predicted molar refractivity (Wildman–Crippen MR) is 105 cm³/mol. The van der Waals surface area contributed by atoms with Crippen molar-refractivity contribution in [1.29, 1.82) is 0 Å². The Morgan fingerprint density at radius 3 is 2.90 bits per heavy atom. The maximum absolute atomic E-state index is 13.2. The van der Waals surface area contributed by atoms with E-state index in [4.69, 9.17) is 16.0 Å². The van der Waals surface area contributed by atoms with Crippen LogP contribution >= 0.6 is 11.6 Å². The summed E-state index contributed by atoms with van der Waals surface area (Å²) in [6.07, 6.45) is 2.85. The maximum Gasteiger partial charge on any atom is 0.327 e. The van der Waals surface area contributed by atoms with E-state index in [0.29, 0.717) is 34.1 Å². The van der Waals surface area contributed by atoms with E-state index in [-0.39, 0.29) is 12.1 Å². The van der Waals surface area contributed by atoms with Crippen LogP contribution in [0.1, 0.15) is 38.0 Å². The van der Waals surface area contributed by atoms with Crippen molar-refractivity contribution in [3.63, 3.8) is 0 Å². The average Bonchev–Trinajstić information content (AvgIpc) is 3.31. The van der Waals surface area contributed by atoms with Crippen LogP contribution in [0.3, 0.4) is 0 Å². The summed E-state index contributed by atoms with van der Waals surface area (Å²) in [5.41, 5.74) is 0.327. The number of nitrogens with zero attached hydrogens (tertiary/aromatic N) is 6. The Morgan fingerprint density at radius 1 is 1.37 bits per heavy atom. The lowest BCUT2D eigenvalue weighted by atomic mass is 9.64. The third-order valence-electron chi connectivity index (χ3n) is 5.81. The van der Waals surface area contributed by atoms with Gasteiger partial charge in [-0.25, -0.2) is 9.48 Å². The lowest BCUT2D eigenvalue weighted by Gasteiger charge is -2.61. The van der Waals surface area contributed by atoms with Crippen molar-refractivity contribution in [2.24, 2.45) is 5.92 Å². The molecule has 2 aromatic heterocycles. The number of aryl methyl sites for hydroxylation is 1. The van der Waals surface area contributed by atoms with E-state index in [1.807, 2.05) is 4.90 Å². The smallest absolute Gasteiger partial charge is 0.327 e. The molecule has 0 spiro atoms. The van der Waals surface area contributed by atoms with E-state index < -0.39 is 11.6 Å². The number of carbonyl (C=O) groups excluding carboxylic acids is 1. The minimum atomic E-state index is -0.861. The molecule has 1 saturated heterocycles. The Morgan fingerprint density at radius 2 is 2.20 bits per heavy atom. The van der Waals surface area contributed by atoms with Crippen molar-refractivity contribution < 1.29 is 13.6 Å². The third-order valence-corrected chi connectivity index (χ3v) is 6.13. The summed E-state index contributed by atoms with van der Waals surface area (Å²) >= 11 is 6.21. The van der Waals surface area contributed by atoms with Crippen LogP contribution in [-0.2, 0) is 5.54 Å². The van der Waals surface area contributed by atoms with Crippen molar-refractivity contribution in [2.75, 3.05) is 5.32 Å². The van der Waals surface area contributed by atoms with Gasteiger partial charge in [0.05, 0.1) is 10.7 Å². The monoisotopic (exact) mass is 431 g/mol. The number of urea groups is 1. The standard InChI is InChI=1S/C19H19ClFN7O2/c1-10-5-13-8-19(7-10,16-25-24-11(2)30-16)28(13)18(29)23-12-3-4-14(20)15(6-12)27-9-22-17(21)26-27/h3-4,6,9-10,13H,5,7-8H2,1-2H3,(H,23,29)/t10-,13+,19?/m0/s1. The third kappa shape index (κ3) is 2.94. The fraction of sp³-hybridized carbons (Fsp3) is 0.421. The fourth-order valence-electron chi connectivity index (χ4n) is 4.74. The maximum atomic E-state index is 13.2. The summed E-state index contributed by atoms with van der Waals surface area (Å²) in [5, 5.41) is 15.1. The molecule has 2 bridgehead atoms. The first-order valence-electron chi connectivity index (χ1n) is 9.64. The number of fused-ring (bicyclic) bond motifs is 2. The summed E-state index contributed by atoms with van der Waals surface area (Å²) in [6, 6.07) is 4.76. The van der Waals surface area contributed by atoms with Gasteiger partial charge in [0, 0.05) is 25.1 Å². The van der Waals surface area contributed by atoms with Crippen LogP contribution in [0.5, 0.6) is 0 Å². The Balaban J connectivity index is 1.43. The molecule has 1 aromatic carbocycles. The highest BCUT2D eigenvalue weighted by molar-refractivity contribution is 6.32. The van der Waals surface area contributed by atoms with Crippen LogP contribution in [0.2, 0.25) is 5.02 Å².